The van der Waals surface area contributed by atoms with Gasteiger partial charge in [-0.25, -0.2) is 13.1 Å². The van der Waals surface area contributed by atoms with E-state index in [0.717, 1.165) is 19.3 Å². The molecule has 1 aliphatic rings. The van der Waals surface area contributed by atoms with Crippen molar-refractivity contribution in [2.45, 2.75) is 43.5 Å². The zero-order valence-corrected chi connectivity index (χ0v) is 15.7. The minimum atomic E-state index is -3.64. The van der Waals surface area contributed by atoms with Crippen molar-refractivity contribution in [1.29, 1.82) is 0 Å². The summed E-state index contributed by atoms with van der Waals surface area (Å²) in [6.07, 6.45) is 7.42. The third-order valence-electron chi connectivity index (χ3n) is 4.46. The number of ether oxygens (including phenoxy) is 1. The van der Waals surface area contributed by atoms with Gasteiger partial charge in [0.25, 0.3) is 0 Å². The number of benzene rings is 1. The number of amides is 1. The topological polar surface area (TPSA) is 84.5 Å². The molecule has 7 heteroatoms. The molecule has 0 spiro atoms. The fourth-order valence-corrected chi connectivity index (χ4v) is 4.03. The van der Waals surface area contributed by atoms with Gasteiger partial charge in [-0.3, -0.25) is 4.79 Å². The van der Waals surface area contributed by atoms with E-state index in [1.165, 1.54) is 32.7 Å². The Balaban J connectivity index is 2.10. The molecule has 25 heavy (non-hydrogen) atoms. The maximum absolute atomic E-state index is 12.1. The summed E-state index contributed by atoms with van der Waals surface area (Å²) < 4.78 is 31.5. The quantitative estimate of drug-likeness (QED) is 0.757. The normalized spacial score (nSPS) is 21.2. The second-order valence-electron chi connectivity index (χ2n) is 6.43. The van der Waals surface area contributed by atoms with Gasteiger partial charge in [-0.15, -0.1) is 0 Å². The van der Waals surface area contributed by atoms with Crippen LogP contribution < -0.4 is 14.8 Å². The van der Waals surface area contributed by atoms with E-state index in [-0.39, 0.29) is 22.6 Å². The van der Waals surface area contributed by atoms with Crippen molar-refractivity contribution < 1.29 is 17.9 Å². The Kier molecular flexibility index (Phi) is 6.61. The van der Waals surface area contributed by atoms with Gasteiger partial charge in [0.05, 0.1) is 7.11 Å². The molecule has 2 unspecified atom stereocenters. The summed E-state index contributed by atoms with van der Waals surface area (Å²) in [5, 5.41) is 3.02. The van der Waals surface area contributed by atoms with Gasteiger partial charge in [0.1, 0.15) is 10.6 Å². The second-order valence-corrected chi connectivity index (χ2v) is 8.28. The van der Waals surface area contributed by atoms with Crippen LogP contribution >= 0.6 is 0 Å². The predicted molar refractivity (Wildman–Crippen MR) is 97.8 cm³/mol. The van der Waals surface area contributed by atoms with E-state index in [2.05, 4.69) is 17.0 Å². The first-order valence-corrected chi connectivity index (χ1v) is 9.94. The molecule has 0 aromatic heterocycles. The predicted octanol–water partition coefficient (Wildman–Crippen LogP) is 2.31. The molecule has 0 radical (unpaired) electrons. The number of carbonyl (C=O) groups is 1. The van der Waals surface area contributed by atoms with Gasteiger partial charge in [-0.05, 0) is 49.6 Å². The van der Waals surface area contributed by atoms with Crippen LogP contribution in [0.3, 0.4) is 0 Å². The molecule has 2 N–H and O–H groups in total. The smallest absolute Gasteiger partial charge is 0.244 e. The monoisotopic (exact) mass is 366 g/mol. The Morgan fingerprint density at radius 2 is 2.08 bits per heavy atom. The maximum Gasteiger partial charge on any atom is 0.244 e. The Hall–Kier alpha value is -1.86. The van der Waals surface area contributed by atoms with Crippen molar-refractivity contribution >= 4 is 22.0 Å². The van der Waals surface area contributed by atoms with Gasteiger partial charge < -0.3 is 10.1 Å². The van der Waals surface area contributed by atoms with Crippen molar-refractivity contribution in [3.05, 3.63) is 29.8 Å². The van der Waals surface area contributed by atoms with Crippen LogP contribution in [0.2, 0.25) is 0 Å². The van der Waals surface area contributed by atoms with Crippen LogP contribution in [0.25, 0.3) is 6.08 Å². The molecular formula is C18H26N2O4S. The number of nitrogens with one attached hydrogen (secondary N) is 2. The lowest BCUT2D eigenvalue weighted by atomic mass is 9.87. The molecule has 2 atom stereocenters. The number of methoxy groups -OCH3 is 1. The molecule has 6 nitrogen and oxygen atoms in total. The molecule has 1 amide bonds. The van der Waals surface area contributed by atoms with Crippen molar-refractivity contribution in [2.24, 2.45) is 5.92 Å². The van der Waals surface area contributed by atoms with E-state index in [9.17, 15) is 13.2 Å². The molecule has 0 heterocycles. The van der Waals surface area contributed by atoms with Gasteiger partial charge in [0.15, 0.2) is 0 Å². The zero-order valence-electron chi connectivity index (χ0n) is 14.9. The summed E-state index contributed by atoms with van der Waals surface area (Å²) in [6, 6.07) is 4.99. The van der Waals surface area contributed by atoms with Crippen LogP contribution in [0.5, 0.6) is 5.75 Å². The lowest BCUT2D eigenvalue weighted by molar-refractivity contribution is -0.117. The van der Waals surface area contributed by atoms with Crippen LogP contribution in [-0.4, -0.2) is 34.5 Å². The highest BCUT2D eigenvalue weighted by atomic mass is 32.2. The maximum atomic E-state index is 12.1. The fourth-order valence-electron chi connectivity index (χ4n) is 3.10. The molecule has 1 fully saturated rings. The molecule has 1 aliphatic carbocycles. The van der Waals surface area contributed by atoms with Crippen LogP contribution in [0.1, 0.15) is 38.2 Å². The third kappa shape index (κ3) is 5.31. The average molecular weight is 366 g/mol. The standard InChI is InChI=1S/C18H26N2O4S/c1-13-5-4-6-15(11-13)20-18(21)10-8-14-7-9-16(24-3)17(12-14)25(22,23)19-2/h7-10,12-13,15,19H,4-6,11H2,1-3H3,(H,20,21)/b10-8+. The Morgan fingerprint density at radius 3 is 2.72 bits per heavy atom. The molecule has 1 saturated carbocycles. The van der Waals surface area contributed by atoms with Crippen molar-refractivity contribution in [2.75, 3.05) is 14.2 Å². The number of sulfonamides is 1. The third-order valence-corrected chi connectivity index (χ3v) is 5.89. The lowest BCUT2D eigenvalue weighted by Crippen LogP contribution is -2.36. The molecule has 0 bridgehead atoms. The molecule has 2 rings (SSSR count). The largest absolute Gasteiger partial charge is 0.495 e. The SMILES string of the molecule is CNS(=O)(=O)c1cc(/C=C/C(=O)NC2CCCC(C)C2)ccc1OC. The molecular weight excluding hydrogens is 340 g/mol. The molecule has 138 valence electrons. The minimum absolute atomic E-state index is 0.0427. The van der Waals surface area contributed by atoms with Crippen LogP contribution in [0.4, 0.5) is 0 Å². The number of carbonyl (C=O) groups excluding carboxylic acids is 1. The average Bonchev–Trinajstić information content (AvgIpc) is 2.59. The zero-order chi connectivity index (χ0) is 18.4. The van der Waals surface area contributed by atoms with E-state index in [1.807, 2.05) is 0 Å². The van der Waals surface area contributed by atoms with Gasteiger partial charge in [-0.2, -0.15) is 0 Å². The van der Waals surface area contributed by atoms with E-state index >= 15 is 0 Å². The summed E-state index contributed by atoms with van der Waals surface area (Å²) in [4.78, 5) is 12.1. The summed E-state index contributed by atoms with van der Waals surface area (Å²) in [5.74, 6) is 0.735. The van der Waals surface area contributed by atoms with E-state index in [1.54, 1.807) is 18.2 Å². The van der Waals surface area contributed by atoms with Gasteiger partial charge in [0, 0.05) is 12.1 Å². The van der Waals surface area contributed by atoms with Crippen LogP contribution in [0, 0.1) is 5.92 Å². The number of hydrogen-bond donors (Lipinski definition) is 2. The molecule has 1 aromatic rings. The molecule has 0 saturated heterocycles. The van der Waals surface area contributed by atoms with E-state index in [0.29, 0.717) is 11.5 Å². The summed E-state index contributed by atoms with van der Waals surface area (Å²) in [6.45, 7) is 2.20. The van der Waals surface area contributed by atoms with E-state index < -0.39 is 10.0 Å². The second kappa shape index (κ2) is 8.49. The Bertz CT molecular complexity index is 743. The summed E-state index contributed by atoms with van der Waals surface area (Å²) >= 11 is 0. The van der Waals surface area contributed by atoms with Gasteiger partial charge >= 0.3 is 0 Å². The minimum Gasteiger partial charge on any atom is -0.495 e. The van der Waals surface area contributed by atoms with Gasteiger partial charge in [0.2, 0.25) is 15.9 Å². The number of hydrogen-bond acceptors (Lipinski definition) is 4. The Labute approximate surface area is 149 Å². The first kappa shape index (κ1) is 19.5. The van der Waals surface area contributed by atoms with Crippen molar-refractivity contribution in [3.8, 4) is 5.75 Å². The highest BCUT2D eigenvalue weighted by Gasteiger charge is 2.20. The van der Waals surface area contributed by atoms with Crippen molar-refractivity contribution in [3.63, 3.8) is 0 Å². The van der Waals surface area contributed by atoms with Gasteiger partial charge in [-0.1, -0.05) is 25.8 Å². The van der Waals surface area contributed by atoms with Crippen LogP contribution in [0.15, 0.2) is 29.2 Å². The first-order valence-electron chi connectivity index (χ1n) is 8.46. The van der Waals surface area contributed by atoms with E-state index in [4.69, 9.17) is 4.74 Å². The molecule has 0 aliphatic heterocycles. The lowest BCUT2D eigenvalue weighted by Gasteiger charge is -2.26. The van der Waals surface area contributed by atoms with Crippen molar-refractivity contribution in [1.82, 2.24) is 10.0 Å². The highest BCUT2D eigenvalue weighted by molar-refractivity contribution is 7.89. The fraction of sp³-hybridized carbons (Fsp3) is 0.500. The summed E-state index contributed by atoms with van der Waals surface area (Å²) in [7, 11) is -0.882. The summed E-state index contributed by atoms with van der Waals surface area (Å²) in [5.41, 5.74) is 0.613. The Morgan fingerprint density at radius 1 is 1.32 bits per heavy atom. The number of rotatable bonds is 6. The van der Waals surface area contributed by atoms with Crippen LogP contribution in [-0.2, 0) is 14.8 Å². The highest BCUT2D eigenvalue weighted by Crippen LogP contribution is 2.25. The molecule has 1 aromatic carbocycles. The first-order chi connectivity index (χ1) is 11.9.